The summed E-state index contributed by atoms with van der Waals surface area (Å²) in [4.78, 5) is 24.3. The number of hydrogen-bond donors (Lipinski definition) is 1. The first-order valence-corrected chi connectivity index (χ1v) is 6.16. The molecule has 1 rings (SSSR count). The van der Waals surface area contributed by atoms with Gasteiger partial charge in [0.15, 0.2) is 0 Å². The maximum absolute atomic E-state index is 11.7. The fourth-order valence-corrected chi connectivity index (χ4v) is 2.11. The number of nitrogens with zero attached hydrogens (tertiary/aromatic N) is 1. The lowest BCUT2D eigenvalue weighted by atomic mass is 9.95. The molecule has 0 aromatic rings. The Labute approximate surface area is 102 Å². The third-order valence-corrected chi connectivity index (χ3v) is 3.01. The monoisotopic (exact) mass is 242 g/mol. The van der Waals surface area contributed by atoms with Crippen molar-refractivity contribution in [3.05, 3.63) is 0 Å². The van der Waals surface area contributed by atoms with E-state index in [-0.39, 0.29) is 25.0 Å². The maximum Gasteiger partial charge on any atom is 0.319 e. The lowest BCUT2D eigenvalue weighted by Gasteiger charge is -2.24. The zero-order valence-electron chi connectivity index (χ0n) is 10.7. The van der Waals surface area contributed by atoms with Crippen LogP contribution in [-0.4, -0.2) is 50.1 Å². The fraction of sp³-hybridized carbons (Fsp3) is 0.833. The molecule has 5 heteroatoms. The quantitative estimate of drug-likeness (QED) is 0.715. The summed E-state index contributed by atoms with van der Waals surface area (Å²) in [6.45, 7) is 0.389. The Morgan fingerprint density at radius 1 is 1.24 bits per heavy atom. The van der Waals surface area contributed by atoms with Crippen molar-refractivity contribution in [2.45, 2.75) is 38.1 Å². The minimum absolute atomic E-state index is 0.0108. The van der Waals surface area contributed by atoms with Crippen LogP contribution in [0.3, 0.4) is 0 Å². The highest BCUT2D eigenvalue weighted by atomic mass is 16.5. The summed E-state index contributed by atoms with van der Waals surface area (Å²) < 4.78 is 4.54. The summed E-state index contributed by atoms with van der Waals surface area (Å²) in [6, 6.07) is 0.322. The van der Waals surface area contributed by atoms with Gasteiger partial charge >= 0.3 is 5.97 Å². The summed E-state index contributed by atoms with van der Waals surface area (Å²) in [6.07, 6.45) is 5.82. The molecule has 0 heterocycles. The van der Waals surface area contributed by atoms with Crippen LogP contribution in [0.25, 0.3) is 0 Å². The highest BCUT2D eigenvalue weighted by Crippen LogP contribution is 2.17. The van der Waals surface area contributed by atoms with Gasteiger partial charge in [-0.15, -0.1) is 0 Å². The smallest absolute Gasteiger partial charge is 0.319 e. The Morgan fingerprint density at radius 3 is 2.47 bits per heavy atom. The van der Waals surface area contributed by atoms with Crippen molar-refractivity contribution in [1.29, 1.82) is 0 Å². The number of hydrogen-bond acceptors (Lipinski definition) is 4. The van der Waals surface area contributed by atoms with Gasteiger partial charge in [0.1, 0.15) is 0 Å². The number of nitrogens with one attached hydrogen (secondary N) is 1. The second kappa shape index (κ2) is 7.27. The third-order valence-electron chi connectivity index (χ3n) is 3.01. The molecule has 0 bridgehead atoms. The second-order valence-corrected chi connectivity index (χ2v) is 4.65. The average molecular weight is 242 g/mol. The Hall–Kier alpha value is -1.10. The van der Waals surface area contributed by atoms with Gasteiger partial charge in [-0.25, -0.2) is 0 Å². The van der Waals surface area contributed by atoms with E-state index in [1.54, 1.807) is 11.9 Å². The van der Waals surface area contributed by atoms with Crippen LogP contribution in [0.2, 0.25) is 0 Å². The minimum Gasteiger partial charge on any atom is -0.468 e. The van der Waals surface area contributed by atoms with E-state index in [1.807, 2.05) is 0 Å². The zero-order chi connectivity index (χ0) is 12.7. The number of carbonyl (C=O) groups is 2. The number of amides is 1. The van der Waals surface area contributed by atoms with Crippen molar-refractivity contribution in [2.24, 2.45) is 0 Å². The SMILES string of the molecule is COC(=O)CN(C)CC(=O)NC1CCCCC1. The molecule has 1 fully saturated rings. The van der Waals surface area contributed by atoms with Crippen LogP contribution in [0, 0.1) is 0 Å². The molecular weight excluding hydrogens is 220 g/mol. The van der Waals surface area contributed by atoms with Crippen LogP contribution in [0.15, 0.2) is 0 Å². The average Bonchev–Trinajstić information content (AvgIpc) is 2.29. The summed E-state index contributed by atoms with van der Waals surface area (Å²) in [5.74, 6) is -0.332. The highest BCUT2D eigenvalue weighted by Gasteiger charge is 2.17. The van der Waals surface area contributed by atoms with E-state index in [0.29, 0.717) is 6.04 Å². The van der Waals surface area contributed by atoms with Crippen molar-refractivity contribution >= 4 is 11.9 Å². The van der Waals surface area contributed by atoms with Crippen molar-refractivity contribution in [3.63, 3.8) is 0 Å². The maximum atomic E-state index is 11.7. The van der Waals surface area contributed by atoms with Crippen molar-refractivity contribution in [3.8, 4) is 0 Å². The molecule has 0 aromatic heterocycles. The van der Waals surface area contributed by atoms with E-state index in [2.05, 4.69) is 10.1 Å². The van der Waals surface area contributed by atoms with Crippen molar-refractivity contribution in [1.82, 2.24) is 10.2 Å². The van der Waals surface area contributed by atoms with Crippen LogP contribution in [-0.2, 0) is 14.3 Å². The van der Waals surface area contributed by atoms with Gasteiger partial charge in [-0.3, -0.25) is 14.5 Å². The lowest BCUT2D eigenvalue weighted by Crippen LogP contribution is -2.43. The molecule has 1 saturated carbocycles. The first-order valence-electron chi connectivity index (χ1n) is 6.16. The molecular formula is C12H22N2O3. The number of methoxy groups -OCH3 is 1. The van der Waals surface area contributed by atoms with Crippen LogP contribution in [0.4, 0.5) is 0 Å². The molecule has 0 aromatic carbocycles. The summed E-state index contributed by atoms with van der Waals surface area (Å²) >= 11 is 0. The topological polar surface area (TPSA) is 58.6 Å². The molecule has 1 amide bonds. The van der Waals surface area contributed by atoms with E-state index < -0.39 is 0 Å². The Kier molecular flexibility index (Phi) is 5.97. The summed E-state index contributed by atoms with van der Waals surface area (Å²) in [5, 5.41) is 3.01. The standard InChI is InChI=1S/C12H22N2O3/c1-14(9-12(16)17-2)8-11(15)13-10-6-4-3-5-7-10/h10H,3-9H2,1-2H3,(H,13,15). The van der Waals surface area contributed by atoms with E-state index in [1.165, 1.54) is 26.4 Å². The number of ether oxygens (including phenoxy) is 1. The van der Waals surface area contributed by atoms with E-state index in [0.717, 1.165) is 12.8 Å². The van der Waals surface area contributed by atoms with E-state index in [9.17, 15) is 9.59 Å². The van der Waals surface area contributed by atoms with Gasteiger partial charge in [0.05, 0.1) is 20.2 Å². The molecule has 1 N–H and O–H groups in total. The van der Waals surface area contributed by atoms with Crippen LogP contribution in [0.1, 0.15) is 32.1 Å². The van der Waals surface area contributed by atoms with Gasteiger partial charge in [0, 0.05) is 6.04 Å². The van der Waals surface area contributed by atoms with Crippen LogP contribution < -0.4 is 5.32 Å². The van der Waals surface area contributed by atoms with Crippen LogP contribution in [0.5, 0.6) is 0 Å². The number of rotatable bonds is 5. The molecule has 5 nitrogen and oxygen atoms in total. The van der Waals surface area contributed by atoms with Gasteiger partial charge < -0.3 is 10.1 Å². The molecule has 0 radical (unpaired) electrons. The predicted octanol–water partition coefficient (Wildman–Crippen LogP) is 0.540. The number of carbonyl (C=O) groups excluding carboxylic acids is 2. The molecule has 0 atom stereocenters. The largest absolute Gasteiger partial charge is 0.468 e. The van der Waals surface area contributed by atoms with Crippen molar-refractivity contribution in [2.75, 3.05) is 27.2 Å². The zero-order valence-corrected chi connectivity index (χ0v) is 10.7. The predicted molar refractivity (Wildman–Crippen MR) is 64.5 cm³/mol. The number of esters is 1. The third kappa shape index (κ3) is 5.68. The van der Waals surface area contributed by atoms with Gasteiger partial charge in [0.2, 0.25) is 5.91 Å². The normalized spacial score (nSPS) is 16.9. The molecule has 1 aliphatic rings. The second-order valence-electron chi connectivity index (χ2n) is 4.65. The Balaban J connectivity index is 2.21. The Morgan fingerprint density at radius 2 is 1.88 bits per heavy atom. The fourth-order valence-electron chi connectivity index (χ4n) is 2.11. The van der Waals surface area contributed by atoms with Gasteiger partial charge in [-0.05, 0) is 19.9 Å². The first-order chi connectivity index (χ1) is 8.11. The molecule has 0 unspecified atom stereocenters. The van der Waals surface area contributed by atoms with Crippen molar-refractivity contribution < 1.29 is 14.3 Å². The minimum atomic E-state index is -0.321. The molecule has 0 aliphatic heterocycles. The van der Waals surface area contributed by atoms with E-state index in [4.69, 9.17) is 0 Å². The lowest BCUT2D eigenvalue weighted by molar-refractivity contribution is -0.141. The molecule has 1 aliphatic carbocycles. The van der Waals surface area contributed by atoms with Crippen LogP contribution >= 0.6 is 0 Å². The summed E-state index contributed by atoms with van der Waals surface area (Å²) in [5.41, 5.74) is 0. The molecule has 0 saturated heterocycles. The van der Waals surface area contributed by atoms with Gasteiger partial charge in [-0.1, -0.05) is 19.3 Å². The highest BCUT2D eigenvalue weighted by molar-refractivity contribution is 5.79. The number of likely N-dealkylation sites (N-methyl/N-ethyl adjacent to an activating group) is 1. The summed E-state index contributed by atoms with van der Waals surface area (Å²) in [7, 11) is 3.08. The van der Waals surface area contributed by atoms with Gasteiger partial charge in [-0.2, -0.15) is 0 Å². The molecule has 17 heavy (non-hydrogen) atoms. The Bertz CT molecular complexity index is 262. The van der Waals surface area contributed by atoms with E-state index >= 15 is 0 Å². The molecule has 0 spiro atoms. The molecule has 98 valence electrons. The van der Waals surface area contributed by atoms with Gasteiger partial charge in [0.25, 0.3) is 0 Å². The first kappa shape index (κ1) is 14.0.